The van der Waals surface area contributed by atoms with Crippen molar-refractivity contribution >= 4 is 23.5 Å². The van der Waals surface area contributed by atoms with Crippen molar-refractivity contribution in [1.82, 2.24) is 19.0 Å². The van der Waals surface area contributed by atoms with E-state index >= 15 is 0 Å². The fraction of sp³-hybridized carbons (Fsp3) is 0.778. The molecule has 140 valence electrons. The van der Waals surface area contributed by atoms with Crippen LogP contribution >= 0.6 is 11.7 Å². The van der Waals surface area contributed by atoms with Gasteiger partial charge in [-0.2, -0.15) is 8.75 Å². The van der Waals surface area contributed by atoms with Crippen molar-refractivity contribution in [3.63, 3.8) is 0 Å². The van der Waals surface area contributed by atoms with Crippen LogP contribution in [-0.2, 0) is 9.53 Å². The van der Waals surface area contributed by atoms with Crippen LogP contribution in [0.15, 0.2) is 0 Å². The van der Waals surface area contributed by atoms with Crippen molar-refractivity contribution < 1.29 is 14.3 Å². The highest BCUT2D eigenvalue weighted by molar-refractivity contribution is 6.99. The van der Waals surface area contributed by atoms with Gasteiger partial charge in [0.2, 0.25) is 5.91 Å². The third kappa shape index (κ3) is 2.34. The number of likely N-dealkylation sites (tertiary alicyclic amines) is 1. The first-order valence-electron chi connectivity index (χ1n) is 9.46. The third-order valence-corrected chi connectivity index (χ3v) is 7.57. The molecule has 1 aromatic heterocycles. The molecule has 7 nitrogen and oxygen atoms in total. The van der Waals surface area contributed by atoms with E-state index in [2.05, 4.69) is 21.0 Å². The number of fused-ring (bicyclic) bond motifs is 1. The number of nitrogens with zero attached hydrogens (tertiary/aromatic N) is 3. The Morgan fingerprint density at radius 1 is 1.35 bits per heavy atom. The van der Waals surface area contributed by atoms with Gasteiger partial charge in [0.15, 0.2) is 5.69 Å². The molecule has 4 aliphatic rings. The number of ether oxygens (including phenoxy) is 1. The third-order valence-electron chi connectivity index (χ3n) is 6.95. The Balaban J connectivity index is 1.28. The minimum absolute atomic E-state index is 0.133. The van der Waals surface area contributed by atoms with Gasteiger partial charge in [-0.3, -0.25) is 9.59 Å². The second-order valence-electron chi connectivity index (χ2n) is 8.68. The molecule has 3 aliphatic heterocycles. The van der Waals surface area contributed by atoms with Gasteiger partial charge in [0.25, 0.3) is 5.91 Å². The van der Waals surface area contributed by atoms with Gasteiger partial charge in [0.1, 0.15) is 0 Å². The fourth-order valence-corrected chi connectivity index (χ4v) is 5.68. The highest BCUT2D eigenvalue weighted by Gasteiger charge is 2.64. The molecule has 0 aromatic carbocycles. The van der Waals surface area contributed by atoms with Crippen LogP contribution in [0.2, 0.25) is 0 Å². The predicted octanol–water partition coefficient (Wildman–Crippen LogP) is 1.38. The molecule has 26 heavy (non-hydrogen) atoms. The summed E-state index contributed by atoms with van der Waals surface area (Å²) in [4.78, 5) is 27.2. The highest BCUT2D eigenvalue weighted by atomic mass is 32.1. The first-order chi connectivity index (χ1) is 12.4. The SMILES string of the molecule is Cc1nsnc1C(=O)NC[C@H]1[C@H]2CN(C(=O)C3(C)CC3)C[C@]23CC[C@H]1O3. The van der Waals surface area contributed by atoms with E-state index in [1.54, 1.807) is 6.92 Å². The minimum Gasteiger partial charge on any atom is -0.369 e. The molecule has 1 N–H and O–H groups in total. The number of carbonyl (C=O) groups excluding carboxylic acids is 2. The molecule has 5 rings (SSSR count). The molecule has 2 bridgehead atoms. The standard InChI is InChI=1S/C18H24N4O3S/c1-10-14(21-26-20-10)15(23)19-7-11-12-8-22(16(24)17(2)5-6-17)9-18(12)4-3-13(11)25-18/h11-13H,3-9H2,1-2H3,(H,19,23)/t11-,12+,13+,18+/m0/s1. The van der Waals surface area contributed by atoms with Crippen LogP contribution in [0.1, 0.15) is 48.8 Å². The molecule has 0 unspecified atom stereocenters. The van der Waals surface area contributed by atoms with E-state index in [-0.39, 0.29) is 28.9 Å². The summed E-state index contributed by atoms with van der Waals surface area (Å²) in [5.41, 5.74) is 0.771. The lowest BCUT2D eigenvalue weighted by Gasteiger charge is -2.29. The van der Waals surface area contributed by atoms with Gasteiger partial charge in [0.05, 0.1) is 35.7 Å². The maximum Gasteiger partial charge on any atom is 0.272 e. The Hall–Kier alpha value is -1.54. The lowest BCUT2D eigenvalue weighted by molar-refractivity contribution is -0.136. The van der Waals surface area contributed by atoms with Crippen molar-refractivity contribution in [2.75, 3.05) is 19.6 Å². The first kappa shape index (κ1) is 16.6. The van der Waals surface area contributed by atoms with Crippen LogP contribution < -0.4 is 5.32 Å². The monoisotopic (exact) mass is 376 g/mol. The summed E-state index contributed by atoms with van der Waals surface area (Å²) in [6.45, 7) is 5.94. The Kier molecular flexibility index (Phi) is 3.50. The van der Waals surface area contributed by atoms with Crippen molar-refractivity contribution in [1.29, 1.82) is 0 Å². The van der Waals surface area contributed by atoms with Crippen LogP contribution in [0.4, 0.5) is 0 Å². The van der Waals surface area contributed by atoms with E-state index in [0.29, 0.717) is 29.8 Å². The number of aryl methyl sites for hydroxylation is 1. The van der Waals surface area contributed by atoms with Crippen LogP contribution in [0.25, 0.3) is 0 Å². The molecule has 2 amide bonds. The molecule has 4 atom stereocenters. The first-order valence-corrected chi connectivity index (χ1v) is 10.2. The van der Waals surface area contributed by atoms with E-state index in [1.807, 2.05) is 4.90 Å². The highest BCUT2D eigenvalue weighted by Crippen LogP contribution is 2.56. The largest absolute Gasteiger partial charge is 0.369 e. The normalized spacial score (nSPS) is 36.2. The van der Waals surface area contributed by atoms with Crippen molar-refractivity contribution in [3.8, 4) is 0 Å². The molecule has 3 saturated heterocycles. The van der Waals surface area contributed by atoms with Gasteiger partial charge >= 0.3 is 0 Å². The lowest BCUT2D eigenvalue weighted by atomic mass is 9.73. The number of nitrogens with one attached hydrogen (secondary N) is 1. The second kappa shape index (κ2) is 5.48. The number of aromatic nitrogens is 2. The van der Waals surface area contributed by atoms with Gasteiger partial charge in [0, 0.05) is 30.3 Å². The van der Waals surface area contributed by atoms with Crippen LogP contribution in [0, 0.1) is 24.2 Å². The summed E-state index contributed by atoms with van der Waals surface area (Å²) in [5, 5.41) is 3.03. The summed E-state index contributed by atoms with van der Waals surface area (Å²) in [7, 11) is 0. The molecule has 8 heteroatoms. The van der Waals surface area contributed by atoms with Crippen molar-refractivity contribution in [3.05, 3.63) is 11.4 Å². The van der Waals surface area contributed by atoms with Crippen molar-refractivity contribution in [2.24, 2.45) is 17.3 Å². The van der Waals surface area contributed by atoms with Gasteiger partial charge in [-0.1, -0.05) is 6.92 Å². The minimum atomic E-state index is -0.181. The summed E-state index contributed by atoms with van der Waals surface area (Å²) < 4.78 is 14.5. The zero-order chi connectivity index (χ0) is 18.1. The van der Waals surface area contributed by atoms with Gasteiger partial charge in [-0.05, 0) is 32.6 Å². The topological polar surface area (TPSA) is 84.4 Å². The summed E-state index contributed by atoms with van der Waals surface area (Å²) in [5.74, 6) is 0.719. The number of amides is 2. The van der Waals surface area contributed by atoms with Gasteiger partial charge in [-0.15, -0.1) is 0 Å². The van der Waals surface area contributed by atoms with Crippen LogP contribution in [0.5, 0.6) is 0 Å². The van der Waals surface area contributed by atoms with Crippen LogP contribution in [-0.4, -0.2) is 56.8 Å². The Morgan fingerprint density at radius 2 is 2.15 bits per heavy atom. The molecule has 0 radical (unpaired) electrons. The average molecular weight is 376 g/mol. The van der Waals surface area contributed by atoms with E-state index in [4.69, 9.17) is 4.74 Å². The molecule has 1 spiro atoms. The average Bonchev–Trinajstić information content (AvgIpc) is 3.03. The molecule has 4 heterocycles. The summed E-state index contributed by atoms with van der Waals surface area (Å²) in [6.07, 6.45) is 4.26. The molecule has 1 aliphatic carbocycles. The second-order valence-corrected chi connectivity index (χ2v) is 9.21. The van der Waals surface area contributed by atoms with E-state index in [1.165, 1.54) is 0 Å². The molecule has 1 saturated carbocycles. The maximum atomic E-state index is 12.8. The van der Waals surface area contributed by atoms with E-state index in [0.717, 1.165) is 50.5 Å². The summed E-state index contributed by atoms with van der Waals surface area (Å²) in [6, 6.07) is 0. The molecule has 1 aromatic rings. The van der Waals surface area contributed by atoms with Gasteiger partial charge in [-0.25, -0.2) is 0 Å². The smallest absolute Gasteiger partial charge is 0.272 e. The van der Waals surface area contributed by atoms with E-state index < -0.39 is 0 Å². The molecule has 4 fully saturated rings. The predicted molar refractivity (Wildman–Crippen MR) is 94.7 cm³/mol. The Morgan fingerprint density at radius 3 is 2.85 bits per heavy atom. The zero-order valence-corrected chi connectivity index (χ0v) is 16.0. The number of rotatable bonds is 4. The quantitative estimate of drug-likeness (QED) is 0.858. The Bertz CT molecular complexity index is 776. The Labute approximate surface area is 156 Å². The van der Waals surface area contributed by atoms with Crippen molar-refractivity contribution in [2.45, 2.75) is 51.2 Å². The summed E-state index contributed by atoms with van der Waals surface area (Å²) >= 11 is 1.06. The maximum absolute atomic E-state index is 12.8. The molecular weight excluding hydrogens is 352 g/mol. The number of hydrogen-bond donors (Lipinski definition) is 1. The zero-order valence-electron chi connectivity index (χ0n) is 15.2. The van der Waals surface area contributed by atoms with Gasteiger partial charge < -0.3 is 15.0 Å². The molecular formula is C18H24N4O3S. The van der Waals surface area contributed by atoms with Crippen LogP contribution in [0.3, 0.4) is 0 Å². The lowest BCUT2D eigenvalue weighted by Crippen LogP contribution is -2.42. The number of carbonyl (C=O) groups is 2. The van der Waals surface area contributed by atoms with E-state index in [9.17, 15) is 9.59 Å². The fourth-order valence-electron chi connectivity index (χ4n) is 5.13. The number of hydrogen-bond acceptors (Lipinski definition) is 6.